The Balaban J connectivity index is 2.64. The summed E-state index contributed by atoms with van der Waals surface area (Å²) >= 11 is 5.83. The molecule has 8 heteroatoms. The molecule has 2 rings (SSSR count). The smallest absolute Gasteiger partial charge is 0.343 e. The van der Waals surface area contributed by atoms with E-state index >= 15 is 0 Å². The lowest BCUT2D eigenvalue weighted by Gasteiger charge is -2.15. The average molecular weight is 345 g/mol. The largest absolute Gasteiger partial charge is 0.477 e. The number of carboxylic acid groups (broad SMARTS) is 1. The van der Waals surface area contributed by atoms with E-state index in [0.717, 1.165) is 0 Å². The van der Waals surface area contributed by atoms with Gasteiger partial charge in [-0.3, -0.25) is 0 Å². The van der Waals surface area contributed by atoms with Crippen LogP contribution in [-0.4, -0.2) is 20.9 Å². The number of carboxylic acids is 1. The Morgan fingerprint density at radius 3 is 2.52 bits per heavy atom. The first-order chi connectivity index (χ1) is 10.6. The quantitative estimate of drug-likeness (QED) is 0.871. The van der Waals surface area contributed by atoms with Gasteiger partial charge in [0.1, 0.15) is 11.3 Å². The van der Waals surface area contributed by atoms with Crippen LogP contribution in [0, 0.1) is 0 Å². The number of aromatic nitrogens is 2. The number of hydrogen-bond acceptors (Lipinski definition) is 3. The fraction of sp³-hybridized carbons (Fsp3) is 0.333. The fourth-order valence-corrected chi connectivity index (χ4v) is 2.19. The highest BCUT2D eigenvalue weighted by Crippen LogP contribution is 2.36. The molecular formula is C15H15ClF2N2O3. The number of ether oxygens (including phenoxy) is 1. The van der Waals surface area contributed by atoms with Gasteiger partial charge < -0.3 is 9.84 Å². The molecule has 0 aliphatic rings. The summed E-state index contributed by atoms with van der Waals surface area (Å²) in [6, 6.07) is 6.02. The van der Waals surface area contributed by atoms with E-state index in [1.165, 1.54) is 12.1 Å². The second-order valence-electron chi connectivity index (χ2n) is 5.87. The van der Waals surface area contributed by atoms with Crippen LogP contribution in [0.1, 0.15) is 43.4 Å². The van der Waals surface area contributed by atoms with Crippen molar-refractivity contribution < 1.29 is 23.4 Å². The van der Waals surface area contributed by atoms with Crippen molar-refractivity contribution in [3.05, 3.63) is 40.5 Å². The van der Waals surface area contributed by atoms with E-state index in [-0.39, 0.29) is 16.1 Å². The van der Waals surface area contributed by atoms with Crippen LogP contribution in [0.2, 0.25) is 5.02 Å². The third kappa shape index (κ3) is 3.61. The van der Waals surface area contributed by atoms with E-state index in [4.69, 9.17) is 16.3 Å². The first-order valence-corrected chi connectivity index (χ1v) is 7.07. The Hall–Kier alpha value is -2.15. The molecule has 2 aromatic rings. The summed E-state index contributed by atoms with van der Waals surface area (Å²) in [5.74, 6) is -1.78. The predicted octanol–water partition coefficient (Wildman–Crippen LogP) is 4.72. The maximum Gasteiger partial charge on any atom is 0.343 e. The number of aromatic carboxylic acids is 1. The number of alkyl halides is 2. The summed E-state index contributed by atoms with van der Waals surface area (Å²) in [4.78, 5) is 11.6. The minimum Gasteiger partial charge on any atom is -0.477 e. The van der Waals surface area contributed by atoms with Crippen LogP contribution in [0.4, 0.5) is 8.78 Å². The van der Waals surface area contributed by atoms with Crippen LogP contribution in [0.15, 0.2) is 24.3 Å². The lowest BCUT2D eigenvalue weighted by molar-refractivity contribution is 0.0484. The zero-order valence-electron chi connectivity index (χ0n) is 12.7. The molecule has 0 fully saturated rings. The summed E-state index contributed by atoms with van der Waals surface area (Å²) in [7, 11) is 0. The van der Waals surface area contributed by atoms with Crippen LogP contribution in [-0.2, 0) is 5.41 Å². The van der Waals surface area contributed by atoms with Crippen molar-refractivity contribution in [1.29, 1.82) is 0 Å². The minimum absolute atomic E-state index is 0.0160. The first-order valence-electron chi connectivity index (χ1n) is 6.69. The standard InChI is InChI=1S/C15H15ClF2N2O3/c1-15(2,3)11-10(13(21)22)12(20(19-11)14(17)18)23-9-6-4-5-8(16)7-9/h4-7,14H,1-3H3,(H,21,22). The van der Waals surface area contributed by atoms with Crippen molar-refractivity contribution in [2.45, 2.75) is 32.7 Å². The van der Waals surface area contributed by atoms with Gasteiger partial charge in [-0.25, -0.2) is 4.79 Å². The van der Waals surface area contributed by atoms with Gasteiger partial charge >= 0.3 is 12.5 Å². The third-order valence-electron chi connectivity index (χ3n) is 2.99. The van der Waals surface area contributed by atoms with Crippen LogP contribution in [0.3, 0.4) is 0 Å². The normalized spacial score (nSPS) is 11.8. The van der Waals surface area contributed by atoms with Gasteiger partial charge in [-0.1, -0.05) is 38.4 Å². The molecule has 124 valence electrons. The predicted molar refractivity (Wildman–Crippen MR) is 80.7 cm³/mol. The number of halogens is 3. The molecule has 0 aliphatic carbocycles. The highest BCUT2D eigenvalue weighted by Gasteiger charge is 2.34. The molecule has 5 nitrogen and oxygen atoms in total. The lowest BCUT2D eigenvalue weighted by atomic mass is 9.89. The molecule has 0 spiro atoms. The number of benzene rings is 1. The number of rotatable bonds is 4. The molecule has 23 heavy (non-hydrogen) atoms. The van der Waals surface area contributed by atoms with Crippen LogP contribution in [0.5, 0.6) is 11.6 Å². The molecule has 0 atom stereocenters. The molecule has 1 N–H and O–H groups in total. The van der Waals surface area contributed by atoms with Gasteiger partial charge in [0.05, 0.1) is 5.69 Å². The van der Waals surface area contributed by atoms with Gasteiger partial charge in [-0.2, -0.15) is 18.6 Å². The average Bonchev–Trinajstić information content (AvgIpc) is 2.78. The molecule has 1 heterocycles. The van der Waals surface area contributed by atoms with Crippen molar-refractivity contribution in [2.75, 3.05) is 0 Å². The molecule has 0 radical (unpaired) electrons. The van der Waals surface area contributed by atoms with Gasteiger partial charge in [-0.15, -0.1) is 0 Å². The molecule has 0 amide bonds. The Kier molecular flexibility index (Phi) is 4.61. The zero-order valence-corrected chi connectivity index (χ0v) is 13.4. The highest BCUT2D eigenvalue weighted by atomic mass is 35.5. The minimum atomic E-state index is -3.04. The lowest BCUT2D eigenvalue weighted by Crippen LogP contribution is -2.17. The molecule has 0 unspecified atom stereocenters. The Morgan fingerprint density at radius 1 is 1.39 bits per heavy atom. The summed E-state index contributed by atoms with van der Waals surface area (Å²) < 4.78 is 32.2. The van der Waals surface area contributed by atoms with Gasteiger partial charge in [0, 0.05) is 10.4 Å². The van der Waals surface area contributed by atoms with Gasteiger partial charge in [0.15, 0.2) is 0 Å². The van der Waals surface area contributed by atoms with Crippen molar-refractivity contribution >= 4 is 17.6 Å². The van der Waals surface area contributed by atoms with Gasteiger partial charge in [-0.05, 0) is 18.2 Å². The fourth-order valence-electron chi connectivity index (χ4n) is 2.01. The number of nitrogens with zero attached hydrogens (tertiary/aromatic N) is 2. The molecule has 1 aromatic carbocycles. The van der Waals surface area contributed by atoms with Crippen molar-refractivity contribution in [2.24, 2.45) is 0 Å². The SMILES string of the molecule is CC(C)(C)c1nn(C(F)F)c(Oc2cccc(Cl)c2)c1C(=O)O. The number of hydrogen-bond donors (Lipinski definition) is 1. The Bertz CT molecular complexity index is 739. The zero-order chi connectivity index (χ0) is 17.4. The summed E-state index contributed by atoms with van der Waals surface area (Å²) in [5.41, 5.74) is -1.12. The summed E-state index contributed by atoms with van der Waals surface area (Å²) in [6.45, 7) is 2.00. The summed E-state index contributed by atoms with van der Waals surface area (Å²) in [6.07, 6.45) is 0. The van der Waals surface area contributed by atoms with Crippen molar-refractivity contribution in [1.82, 2.24) is 9.78 Å². The second-order valence-corrected chi connectivity index (χ2v) is 6.30. The third-order valence-corrected chi connectivity index (χ3v) is 3.22. The Labute approximate surface area is 136 Å². The second kappa shape index (κ2) is 6.16. The van der Waals surface area contributed by atoms with E-state index in [0.29, 0.717) is 5.02 Å². The molecule has 0 aliphatic heterocycles. The number of carbonyl (C=O) groups is 1. The van der Waals surface area contributed by atoms with Crippen molar-refractivity contribution in [3.63, 3.8) is 0 Å². The van der Waals surface area contributed by atoms with E-state index in [1.807, 2.05) is 0 Å². The van der Waals surface area contributed by atoms with Gasteiger partial charge in [0.25, 0.3) is 0 Å². The first kappa shape index (κ1) is 17.2. The van der Waals surface area contributed by atoms with E-state index < -0.39 is 29.4 Å². The molecule has 0 bridgehead atoms. The van der Waals surface area contributed by atoms with E-state index in [2.05, 4.69) is 5.10 Å². The molecule has 0 saturated carbocycles. The Morgan fingerprint density at radius 2 is 2.04 bits per heavy atom. The summed E-state index contributed by atoms with van der Waals surface area (Å²) in [5, 5.41) is 13.5. The van der Waals surface area contributed by atoms with E-state index in [9.17, 15) is 18.7 Å². The van der Waals surface area contributed by atoms with Crippen LogP contribution >= 0.6 is 11.6 Å². The van der Waals surface area contributed by atoms with Crippen LogP contribution in [0.25, 0.3) is 0 Å². The van der Waals surface area contributed by atoms with Crippen molar-refractivity contribution in [3.8, 4) is 11.6 Å². The topological polar surface area (TPSA) is 64.4 Å². The van der Waals surface area contributed by atoms with Gasteiger partial charge in [0.2, 0.25) is 5.88 Å². The maximum absolute atomic E-state index is 13.3. The monoisotopic (exact) mass is 344 g/mol. The molecule has 1 aromatic heterocycles. The molecule has 0 saturated heterocycles. The van der Waals surface area contributed by atoms with Crippen LogP contribution < -0.4 is 4.74 Å². The highest BCUT2D eigenvalue weighted by molar-refractivity contribution is 6.30. The molecular weight excluding hydrogens is 330 g/mol. The maximum atomic E-state index is 13.3. The van der Waals surface area contributed by atoms with E-state index in [1.54, 1.807) is 32.9 Å².